The number of aromatic nitrogens is 3. The number of fused-ring (bicyclic) bond motifs is 1. The Balaban J connectivity index is 1.50. The van der Waals surface area contributed by atoms with Crippen molar-refractivity contribution < 1.29 is 19.0 Å². The predicted molar refractivity (Wildman–Crippen MR) is 149 cm³/mol. The average Bonchev–Trinajstić information content (AvgIpc) is 2.94. The first-order valence-corrected chi connectivity index (χ1v) is 13.0. The number of hydrogen-bond acceptors (Lipinski definition) is 8. The van der Waals surface area contributed by atoms with Gasteiger partial charge in [0.1, 0.15) is 11.4 Å². The summed E-state index contributed by atoms with van der Waals surface area (Å²) in [5, 5.41) is 17.2. The molecule has 4 aromatic rings. The van der Waals surface area contributed by atoms with E-state index in [4.69, 9.17) is 9.47 Å². The summed E-state index contributed by atoms with van der Waals surface area (Å²) in [6.07, 6.45) is 0.994. The number of ether oxygens (including phenoxy) is 2. The van der Waals surface area contributed by atoms with Crippen LogP contribution in [0.25, 0.3) is 22.2 Å². The van der Waals surface area contributed by atoms with Gasteiger partial charge in [-0.3, -0.25) is 4.79 Å². The van der Waals surface area contributed by atoms with Crippen molar-refractivity contribution in [2.75, 3.05) is 31.0 Å². The largest absolute Gasteiger partial charge is 0.497 e. The van der Waals surface area contributed by atoms with Gasteiger partial charge in [0.05, 0.1) is 44.1 Å². The lowest BCUT2D eigenvalue weighted by Gasteiger charge is -2.28. The summed E-state index contributed by atoms with van der Waals surface area (Å²) >= 11 is 0. The molecule has 0 spiro atoms. The highest BCUT2D eigenvalue weighted by atomic mass is 19.1. The van der Waals surface area contributed by atoms with Crippen LogP contribution in [0.5, 0.6) is 5.75 Å². The van der Waals surface area contributed by atoms with E-state index in [2.05, 4.69) is 25.2 Å². The van der Waals surface area contributed by atoms with Crippen LogP contribution in [0.4, 0.5) is 16.0 Å². The smallest absolute Gasteiger partial charge is 0.223 e. The van der Waals surface area contributed by atoms with E-state index < -0.39 is 11.9 Å². The highest BCUT2D eigenvalue weighted by molar-refractivity contribution is 5.84. The van der Waals surface area contributed by atoms with Crippen LogP contribution < -0.4 is 20.8 Å². The third kappa shape index (κ3) is 5.71. The quantitative estimate of drug-likeness (QED) is 0.307. The monoisotopic (exact) mass is 533 g/mol. The van der Waals surface area contributed by atoms with E-state index in [0.29, 0.717) is 36.0 Å². The van der Waals surface area contributed by atoms with Gasteiger partial charge in [-0.25, -0.2) is 14.4 Å². The van der Waals surface area contributed by atoms with Crippen molar-refractivity contribution in [3.05, 3.63) is 76.5 Å². The fourth-order valence-electron chi connectivity index (χ4n) is 4.88. The van der Waals surface area contributed by atoms with Crippen LogP contribution in [0.2, 0.25) is 0 Å². The normalized spacial score (nSPS) is 17.4. The SMILES string of the molecule is COc1ccc(NCc2cc(=O)c3ccc(-c4nc(N[C@@H]5CCOC[C@H]5O)ncc4F)cc3n2C(C)C)cc1. The molecule has 10 heteroatoms. The third-order valence-electron chi connectivity index (χ3n) is 6.87. The highest BCUT2D eigenvalue weighted by Crippen LogP contribution is 2.28. The molecule has 204 valence electrons. The molecule has 2 aromatic heterocycles. The van der Waals surface area contributed by atoms with Crippen LogP contribution >= 0.6 is 0 Å². The number of aliphatic hydroxyl groups is 1. The summed E-state index contributed by atoms with van der Waals surface area (Å²) in [6, 6.07) is 14.2. The van der Waals surface area contributed by atoms with Crippen molar-refractivity contribution in [2.24, 2.45) is 0 Å². The van der Waals surface area contributed by atoms with Gasteiger partial charge in [-0.15, -0.1) is 0 Å². The molecule has 39 heavy (non-hydrogen) atoms. The Morgan fingerprint density at radius 1 is 1.21 bits per heavy atom. The molecule has 1 saturated heterocycles. The first-order valence-electron chi connectivity index (χ1n) is 13.0. The molecule has 0 radical (unpaired) electrons. The minimum atomic E-state index is -0.707. The lowest BCUT2D eigenvalue weighted by Crippen LogP contribution is -2.42. The van der Waals surface area contributed by atoms with E-state index in [9.17, 15) is 14.3 Å². The molecule has 2 atom stereocenters. The second-order valence-electron chi connectivity index (χ2n) is 9.85. The minimum absolute atomic E-state index is 0.0264. The Morgan fingerprint density at radius 2 is 2.00 bits per heavy atom. The molecule has 3 N–H and O–H groups in total. The van der Waals surface area contributed by atoms with Gasteiger partial charge >= 0.3 is 0 Å². The number of methoxy groups -OCH3 is 1. The predicted octanol–water partition coefficient (Wildman–Crippen LogP) is 4.36. The third-order valence-corrected chi connectivity index (χ3v) is 6.87. The average molecular weight is 534 g/mol. The Hall–Kier alpha value is -4.02. The summed E-state index contributed by atoms with van der Waals surface area (Å²) in [5.74, 6) is 0.399. The topological polar surface area (TPSA) is 111 Å². The fraction of sp³-hybridized carbons (Fsp3) is 0.345. The molecule has 2 aromatic carbocycles. The van der Waals surface area contributed by atoms with E-state index in [1.54, 1.807) is 31.4 Å². The highest BCUT2D eigenvalue weighted by Gasteiger charge is 2.25. The van der Waals surface area contributed by atoms with Crippen LogP contribution in [0.1, 0.15) is 32.0 Å². The summed E-state index contributed by atoms with van der Waals surface area (Å²) < 4.78 is 27.6. The van der Waals surface area contributed by atoms with Crippen LogP contribution in [-0.4, -0.2) is 52.1 Å². The Bertz CT molecular complexity index is 1520. The van der Waals surface area contributed by atoms with Gasteiger partial charge in [-0.05, 0) is 56.7 Å². The second-order valence-corrected chi connectivity index (χ2v) is 9.85. The molecule has 1 fully saturated rings. The zero-order valence-corrected chi connectivity index (χ0v) is 22.1. The summed E-state index contributed by atoms with van der Waals surface area (Å²) in [5.41, 5.74) is 2.90. The summed E-state index contributed by atoms with van der Waals surface area (Å²) in [4.78, 5) is 21.6. The summed E-state index contributed by atoms with van der Waals surface area (Å²) in [7, 11) is 1.62. The van der Waals surface area contributed by atoms with Crippen molar-refractivity contribution in [3.63, 3.8) is 0 Å². The van der Waals surface area contributed by atoms with Crippen molar-refractivity contribution in [2.45, 2.75) is 45.0 Å². The van der Waals surface area contributed by atoms with Crippen molar-refractivity contribution in [1.29, 1.82) is 0 Å². The maximum absolute atomic E-state index is 15.0. The first-order chi connectivity index (χ1) is 18.8. The van der Waals surface area contributed by atoms with E-state index in [1.807, 2.05) is 38.1 Å². The standard InChI is InChI=1S/C29H32FN5O4/c1-17(2)35-20(14-31-19-5-7-21(38-3)8-6-19)13-26(36)22-9-4-18(12-25(22)35)28-23(30)15-32-29(34-28)33-24-10-11-39-16-27(24)37/h4-9,12-13,15,17,24,27,31,37H,10-11,14,16H2,1-3H3,(H,32,33,34)/t24-,27-/m1/s1. The van der Waals surface area contributed by atoms with Gasteiger partial charge in [0, 0.05) is 41.0 Å². The molecule has 0 unspecified atom stereocenters. The number of hydrogen-bond donors (Lipinski definition) is 3. The maximum atomic E-state index is 15.0. The zero-order chi connectivity index (χ0) is 27.5. The van der Waals surface area contributed by atoms with Crippen LogP contribution in [0.15, 0.2) is 59.5 Å². The number of anilines is 2. The van der Waals surface area contributed by atoms with Gasteiger partial charge in [0.2, 0.25) is 5.95 Å². The molecule has 0 amide bonds. The van der Waals surface area contributed by atoms with Gasteiger partial charge in [-0.2, -0.15) is 0 Å². The first kappa shape index (κ1) is 26.6. The van der Waals surface area contributed by atoms with Crippen LogP contribution in [0.3, 0.4) is 0 Å². The molecule has 1 aliphatic heterocycles. The van der Waals surface area contributed by atoms with Gasteiger partial charge in [-0.1, -0.05) is 6.07 Å². The van der Waals surface area contributed by atoms with Gasteiger partial charge < -0.3 is 29.8 Å². The van der Waals surface area contributed by atoms with Crippen LogP contribution in [0, 0.1) is 5.82 Å². The number of nitrogens with zero attached hydrogens (tertiary/aromatic N) is 3. The molecule has 5 rings (SSSR count). The van der Waals surface area contributed by atoms with E-state index in [1.165, 1.54) is 0 Å². The molecular formula is C29H32FN5O4. The van der Waals surface area contributed by atoms with E-state index >= 15 is 0 Å². The van der Waals surface area contributed by atoms with Crippen LogP contribution in [-0.2, 0) is 11.3 Å². The molecule has 0 aliphatic carbocycles. The van der Waals surface area contributed by atoms with Crippen molar-refractivity contribution >= 4 is 22.5 Å². The van der Waals surface area contributed by atoms with E-state index in [0.717, 1.165) is 23.3 Å². The molecule has 9 nitrogen and oxygen atoms in total. The maximum Gasteiger partial charge on any atom is 0.223 e. The molecule has 0 bridgehead atoms. The lowest BCUT2D eigenvalue weighted by atomic mass is 10.1. The molecule has 3 heterocycles. The number of aliphatic hydroxyl groups excluding tert-OH is 1. The lowest BCUT2D eigenvalue weighted by molar-refractivity contribution is -0.0136. The second kappa shape index (κ2) is 11.4. The van der Waals surface area contributed by atoms with Gasteiger partial charge in [0.15, 0.2) is 11.2 Å². The number of halogens is 1. The number of rotatable bonds is 8. The van der Waals surface area contributed by atoms with Crippen molar-refractivity contribution in [3.8, 4) is 17.0 Å². The Labute approximate surface area is 225 Å². The zero-order valence-electron chi connectivity index (χ0n) is 22.1. The number of pyridine rings is 1. The van der Waals surface area contributed by atoms with Crippen molar-refractivity contribution in [1.82, 2.24) is 14.5 Å². The minimum Gasteiger partial charge on any atom is -0.497 e. The molecular weight excluding hydrogens is 501 g/mol. The summed E-state index contributed by atoms with van der Waals surface area (Å²) in [6.45, 7) is 5.23. The number of nitrogens with one attached hydrogen (secondary N) is 2. The molecule has 1 aliphatic rings. The Morgan fingerprint density at radius 3 is 2.72 bits per heavy atom. The van der Waals surface area contributed by atoms with Gasteiger partial charge in [0.25, 0.3) is 0 Å². The fourth-order valence-corrected chi connectivity index (χ4v) is 4.88. The molecule has 0 saturated carbocycles. The Kier molecular flexibility index (Phi) is 7.76. The van der Waals surface area contributed by atoms with E-state index in [-0.39, 0.29) is 35.8 Å². The number of benzene rings is 2.